The van der Waals surface area contributed by atoms with Crippen molar-refractivity contribution in [3.8, 4) is 0 Å². The molecule has 2 nitrogen and oxygen atoms in total. The number of alkyl halides is 6. The summed E-state index contributed by atoms with van der Waals surface area (Å²) in [6, 6.07) is 0. The third-order valence-electron chi connectivity index (χ3n) is 2.18. The maximum atomic E-state index is 13.0. The summed E-state index contributed by atoms with van der Waals surface area (Å²) < 4.78 is 80.5. The molecule has 0 saturated heterocycles. The van der Waals surface area contributed by atoms with Gasteiger partial charge in [0.05, 0.1) is 7.11 Å². The molecule has 0 atom stereocenters. The second-order valence-electron chi connectivity index (χ2n) is 3.75. The Morgan fingerprint density at radius 2 is 1.61 bits per heavy atom. The number of methoxy groups -OCH3 is 1. The molecule has 0 unspecified atom stereocenters. The van der Waals surface area contributed by atoms with E-state index < -0.39 is 30.2 Å². The number of esters is 1. The number of hydrogen-bond acceptors (Lipinski definition) is 2. The van der Waals surface area contributed by atoms with E-state index in [2.05, 4.69) is 4.74 Å². The van der Waals surface area contributed by atoms with E-state index in [0.29, 0.717) is 6.08 Å². The number of allylic oxidation sites excluding steroid dienone is 1. The summed E-state index contributed by atoms with van der Waals surface area (Å²) in [5, 5.41) is 0. The highest BCUT2D eigenvalue weighted by atomic mass is 19.3. The number of rotatable bonds is 5. The van der Waals surface area contributed by atoms with Crippen molar-refractivity contribution in [2.24, 2.45) is 0 Å². The molecule has 0 aromatic heterocycles. The van der Waals surface area contributed by atoms with Gasteiger partial charge >= 0.3 is 23.7 Å². The summed E-state index contributed by atoms with van der Waals surface area (Å²) in [7, 11) is 0.965. The highest BCUT2D eigenvalue weighted by Gasteiger charge is 2.68. The van der Waals surface area contributed by atoms with E-state index in [1.54, 1.807) is 0 Å². The van der Waals surface area contributed by atoms with Gasteiger partial charge < -0.3 is 4.74 Å². The summed E-state index contributed by atoms with van der Waals surface area (Å²) in [6.07, 6.45) is -1.25. The zero-order valence-corrected chi connectivity index (χ0v) is 9.87. The standard InChI is InChI=1S/C10H12F6O2/c1-6(7(17)18-3)4-5-9(13,14)10(15,16)8(2,11)12/h4H,5H2,1-3H3. The highest BCUT2D eigenvalue weighted by Crippen LogP contribution is 2.47. The van der Waals surface area contributed by atoms with Crippen LogP contribution in [0.2, 0.25) is 0 Å². The number of hydrogen-bond donors (Lipinski definition) is 0. The second kappa shape index (κ2) is 5.19. The topological polar surface area (TPSA) is 26.3 Å². The van der Waals surface area contributed by atoms with Crippen molar-refractivity contribution < 1.29 is 35.9 Å². The van der Waals surface area contributed by atoms with Gasteiger partial charge in [-0.05, 0) is 6.92 Å². The van der Waals surface area contributed by atoms with Gasteiger partial charge in [0.1, 0.15) is 0 Å². The first-order valence-corrected chi connectivity index (χ1v) is 4.75. The van der Waals surface area contributed by atoms with E-state index in [-0.39, 0.29) is 12.5 Å². The number of halogens is 6. The van der Waals surface area contributed by atoms with Gasteiger partial charge in [0, 0.05) is 18.9 Å². The zero-order chi connectivity index (χ0) is 14.8. The predicted molar refractivity (Wildman–Crippen MR) is 50.9 cm³/mol. The van der Waals surface area contributed by atoms with Crippen molar-refractivity contribution in [2.75, 3.05) is 7.11 Å². The number of carbonyl (C=O) groups is 1. The first kappa shape index (κ1) is 16.8. The molecule has 0 heterocycles. The molecular weight excluding hydrogens is 266 g/mol. The minimum atomic E-state index is -5.51. The molecule has 0 amide bonds. The smallest absolute Gasteiger partial charge is 0.371 e. The Hall–Kier alpha value is -1.21. The van der Waals surface area contributed by atoms with Crippen LogP contribution in [0, 0.1) is 0 Å². The molecule has 0 rings (SSSR count). The molecule has 0 bridgehead atoms. The highest BCUT2D eigenvalue weighted by molar-refractivity contribution is 5.87. The van der Waals surface area contributed by atoms with E-state index >= 15 is 0 Å². The van der Waals surface area contributed by atoms with Crippen LogP contribution in [0.3, 0.4) is 0 Å². The molecule has 0 aromatic rings. The molecular formula is C10H12F6O2. The van der Waals surface area contributed by atoms with Gasteiger partial charge in [0.2, 0.25) is 0 Å². The summed E-state index contributed by atoms with van der Waals surface area (Å²) in [5.74, 6) is -16.4. The molecule has 0 aromatic carbocycles. The largest absolute Gasteiger partial charge is 0.466 e. The summed E-state index contributed by atoms with van der Waals surface area (Å²) >= 11 is 0. The molecule has 0 aliphatic carbocycles. The number of ether oxygens (including phenoxy) is 1. The van der Waals surface area contributed by atoms with Crippen molar-refractivity contribution >= 4 is 5.97 Å². The Morgan fingerprint density at radius 1 is 1.17 bits per heavy atom. The van der Waals surface area contributed by atoms with Crippen molar-refractivity contribution in [1.82, 2.24) is 0 Å². The first-order chi connectivity index (χ1) is 7.87. The Kier molecular flexibility index (Phi) is 4.84. The van der Waals surface area contributed by atoms with Gasteiger partial charge in [-0.2, -0.15) is 26.3 Å². The molecule has 106 valence electrons. The van der Waals surface area contributed by atoms with Crippen LogP contribution >= 0.6 is 0 Å². The Labute approximate surface area is 99.6 Å². The third kappa shape index (κ3) is 3.39. The van der Waals surface area contributed by atoms with Crippen LogP contribution < -0.4 is 0 Å². The molecule has 0 radical (unpaired) electrons. The van der Waals surface area contributed by atoms with Gasteiger partial charge in [0.25, 0.3) is 0 Å². The third-order valence-corrected chi connectivity index (χ3v) is 2.18. The van der Waals surface area contributed by atoms with Crippen molar-refractivity contribution in [2.45, 2.75) is 38.0 Å². The zero-order valence-electron chi connectivity index (χ0n) is 9.87. The van der Waals surface area contributed by atoms with Crippen LogP contribution in [0.5, 0.6) is 0 Å². The Balaban J connectivity index is 5.04. The predicted octanol–water partition coefficient (Wildman–Crippen LogP) is 3.42. The molecule has 0 fully saturated rings. The molecule has 18 heavy (non-hydrogen) atoms. The monoisotopic (exact) mass is 278 g/mol. The lowest BCUT2D eigenvalue weighted by molar-refractivity contribution is -0.301. The molecule has 0 aliphatic heterocycles. The summed E-state index contributed by atoms with van der Waals surface area (Å²) in [6.45, 7) is 0.752. The maximum absolute atomic E-state index is 13.0. The molecule has 8 heteroatoms. The van der Waals surface area contributed by atoms with E-state index in [4.69, 9.17) is 0 Å². The molecule has 0 aliphatic rings. The lowest BCUT2D eigenvalue weighted by Gasteiger charge is -2.30. The average Bonchev–Trinajstić information content (AvgIpc) is 2.22. The van der Waals surface area contributed by atoms with Crippen LogP contribution in [-0.2, 0) is 9.53 Å². The van der Waals surface area contributed by atoms with Gasteiger partial charge in [-0.15, -0.1) is 0 Å². The van der Waals surface area contributed by atoms with E-state index in [1.165, 1.54) is 0 Å². The van der Waals surface area contributed by atoms with Crippen molar-refractivity contribution in [1.29, 1.82) is 0 Å². The van der Waals surface area contributed by atoms with Crippen LogP contribution in [0.1, 0.15) is 20.3 Å². The minimum Gasteiger partial charge on any atom is -0.466 e. The summed E-state index contributed by atoms with van der Waals surface area (Å²) in [4.78, 5) is 10.8. The normalized spacial score (nSPS) is 14.6. The van der Waals surface area contributed by atoms with Crippen LogP contribution in [0.25, 0.3) is 0 Å². The van der Waals surface area contributed by atoms with E-state index in [1.807, 2.05) is 0 Å². The van der Waals surface area contributed by atoms with Gasteiger partial charge in [-0.25, -0.2) is 4.79 Å². The van der Waals surface area contributed by atoms with E-state index in [0.717, 1.165) is 14.0 Å². The van der Waals surface area contributed by atoms with E-state index in [9.17, 15) is 31.1 Å². The molecule has 0 N–H and O–H groups in total. The van der Waals surface area contributed by atoms with Gasteiger partial charge in [-0.3, -0.25) is 0 Å². The average molecular weight is 278 g/mol. The molecule has 0 saturated carbocycles. The second-order valence-corrected chi connectivity index (χ2v) is 3.75. The minimum absolute atomic E-state index is 0.294. The first-order valence-electron chi connectivity index (χ1n) is 4.75. The van der Waals surface area contributed by atoms with Crippen LogP contribution in [-0.4, -0.2) is 30.8 Å². The van der Waals surface area contributed by atoms with Crippen molar-refractivity contribution in [3.05, 3.63) is 11.6 Å². The lowest BCUT2D eigenvalue weighted by Crippen LogP contribution is -2.52. The molecule has 0 spiro atoms. The van der Waals surface area contributed by atoms with Gasteiger partial charge in [-0.1, -0.05) is 6.08 Å². The SMILES string of the molecule is COC(=O)C(C)=CCC(F)(F)C(F)(F)C(C)(F)F. The van der Waals surface area contributed by atoms with Crippen LogP contribution in [0.4, 0.5) is 26.3 Å². The lowest BCUT2D eigenvalue weighted by atomic mass is 10.0. The quantitative estimate of drug-likeness (QED) is 0.437. The maximum Gasteiger partial charge on any atom is 0.371 e. The fourth-order valence-corrected chi connectivity index (χ4v) is 0.975. The Bertz CT molecular complexity index is 343. The number of carbonyl (C=O) groups excluding carboxylic acids is 1. The van der Waals surface area contributed by atoms with Crippen molar-refractivity contribution in [3.63, 3.8) is 0 Å². The van der Waals surface area contributed by atoms with Gasteiger partial charge in [0.15, 0.2) is 0 Å². The fraction of sp³-hybridized carbons (Fsp3) is 0.700. The summed E-state index contributed by atoms with van der Waals surface area (Å²) in [5.41, 5.74) is -0.368. The van der Waals surface area contributed by atoms with Crippen LogP contribution in [0.15, 0.2) is 11.6 Å². The Morgan fingerprint density at radius 3 is 1.94 bits per heavy atom. The fourth-order valence-electron chi connectivity index (χ4n) is 0.975.